The quantitative estimate of drug-likeness (QED) is 0.675. The third kappa shape index (κ3) is 3.61. The van der Waals surface area contributed by atoms with Crippen molar-refractivity contribution in [3.63, 3.8) is 0 Å². The highest BCUT2D eigenvalue weighted by atomic mass is 32.2. The first-order valence-corrected chi connectivity index (χ1v) is 5.93. The summed E-state index contributed by atoms with van der Waals surface area (Å²) < 4.78 is 27.6. The fourth-order valence-corrected chi connectivity index (χ4v) is 1.92. The average molecular weight is 273 g/mol. The van der Waals surface area contributed by atoms with E-state index in [1.807, 2.05) is 0 Å². The summed E-state index contributed by atoms with van der Waals surface area (Å²) in [4.78, 5) is 11.6. The Bertz CT molecular complexity index is 475. The Hall–Kier alpha value is -1.27. The molecule has 0 atom stereocenters. The number of hydrogen-bond donors (Lipinski definition) is 1. The summed E-state index contributed by atoms with van der Waals surface area (Å²) in [5.41, 5.74) is 0.00736. The molecular formula is C11H9F2NOS2. The Balaban J connectivity index is 3.16. The van der Waals surface area contributed by atoms with Crippen molar-refractivity contribution in [3.8, 4) is 0 Å². The zero-order valence-corrected chi connectivity index (χ0v) is 10.5. The van der Waals surface area contributed by atoms with Crippen molar-refractivity contribution in [2.75, 3.05) is 7.05 Å². The van der Waals surface area contributed by atoms with Crippen molar-refractivity contribution in [1.82, 2.24) is 5.32 Å². The van der Waals surface area contributed by atoms with E-state index in [0.717, 1.165) is 17.8 Å². The van der Waals surface area contributed by atoms with Gasteiger partial charge in [0, 0.05) is 17.3 Å². The lowest BCUT2D eigenvalue weighted by Gasteiger charge is -2.03. The van der Waals surface area contributed by atoms with E-state index in [1.165, 1.54) is 30.0 Å². The second kappa shape index (κ2) is 6.46. The van der Waals surface area contributed by atoms with Gasteiger partial charge < -0.3 is 5.32 Å². The van der Waals surface area contributed by atoms with Crippen LogP contribution in [0.1, 0.15) is 5.56 Å². The lowest BCUT2D eigenvalue weighted by Crippen LogP contribution is -2.18. The van der Waals surface area contributed by atoms with Gasteiger partial charge in [0.25, 0.3) is 5.91 Å². The van der Waals surface area contributed by atoms with Crippen LogP contribution in [0, 0.1) is 11.6 Å². The summed E-state index contributed by atoms with van der Waals surface area (Å²) >= 11 is 5.59. The van der Waals surface area contributed by atoms with Gasteiger partial charge in [-0.3, -0.25) is 4.79 Å². The molecule has 90 valence electrons. The van der Waals surface area contributed by atoms with Gasteiger partial charge in [0.1, 0.15) is 0 Å². The Morgan fingerprint density at radius 2 is 2.18 bits per heavy atom. The van der Waals surface area contributed by atoms with E-state index >= 15 is 0 Å². The molecule has 1 N–H and O–H groups in total. The molecule has 1 aromatic rings. The van der Waals surface area contributed by atoms with Gasteiger partial charge in [-0.15, -0.1) is 0 Å². The van der Waals surface area contributed by atoms with Crippen LogP contribution in [0.25, 0.3) is 6.08 Å². The molecule has 1 amide bonds. The smallest absolute Gasteiger partial charge is 0.257 e. The van der Waals surface area contributed by atoms with E-state index < -0.39 is 17.5 Å². The van der Waals surface area contributed by atoms with Gasteiger partial charge in [0.2, 0.25) is 0 Å². The molecule has 0 radical (unpaired) electrons. The molecule has 0 aromatic heterocycles. The van der Waals surface area contributed by atoms with E-state index in [2.05, 4.69) is 17.5 Å². The molecule has 0 aliphatic carbocycles. The molecule has 1 aromatic carbocycles. The maximum Gasteiger partial charge on any atom is 0.257 e. The first-order valence-electron chi connectivity index (χ1n) is 4.58. The van der Waals surface area contributed by atoms with Crippen LogP contribution in [0.3, 0.4) is 0 Å². The van der Waals surface area contributed by atoms with E-state index in [9.17, 15) is 13.6 Å². The molecule has 0 heterocycles. The molecule has 0 spiro atoms. The fraction of sp³-hybridized carbons (Fsp3) is 0.0909. The highest BCUT2D eigenvalue weighted by Gasteiger charge is 2.10. The molecule has 6 heteroatoms. The minimum absolute atomic E-state index is 0.00736. The first kappa shape index (κ1) is 13.8. The fourth-order valence-electron chi connectivity index (χ4n) is 1.10. The second-order valence-corrected chi connectivity index (χ2v) is 4.39. The van der Waals surface area contributed by atoms with Crippen LogP contribution in [0.4, 0.5) is 8.78 Å². The SMILES string of the molecule is CNC(=O)/C(=C/c1cccc(F)c1F)SC=S. The Morgan fingerprint density at radius 3 is 2.76 bits per heavy atom. The van der Waals surface area contributed by atoms with E-state index in [-0.39, 0.29) is 10.5 Å². The number of thiocarbonyl (C=S) groups is 1. The third-order valence-electron chi connectivity index (χ3n) is 1.89. The second-order valence-electron chi connectivity index (χ2n) is 2.94. The third-order valence-corrected chi connectivity index (χ3v) is 2.84. The molecule has 0 saturated heterocycles. The van der Waals surface area contributed by atoms with Gasteiger partial charge in [-0.2, -0.15) is 0 Å². The average Bonchev–Trinajstić information content (AvgIpc) is 2.33. The topological polar surface area (TPSA) is 29.1 Å². The minimum Gasteiger partial charge on any atom is -0.355 e. The number of likely N-dealkylation sites (N-methyl/N-ethyl adjacent to an activating group) is 1. The van der Waals surface area contributed by atoms with Gasteiger partial charge >= 0.3 is 0 Å². The number of carbonyl (C=O) groups excluding carboxylic acids is 1. The van der Waals surface area contributed by atoms with E-state index in [4.69, 9.17) is 0 Å². The monoisotopic (exact) mass is 273 g/mol. The van der Waals surface area contributed by atoms with Crippen LogP contribution in [-0.4, -0.2) is 17.7 Å². The number of rotatable bonds is 4. The van der Waals surface area contributed by atoms with Gasteiger partial charge in [0.05, 0.1) is 4.91 Å². The summed E-state index contributed by atoms with van der Waals surface area (Å²) in [5, 5.41) is 2.39. The standard InChI is InChI=1S/C11H9F2NOS2/c1-14-11(15)9(17-6-16)5-7-3-2-4-8(12)10(7)13/h2-6H,1H3,(H,14,15)/b9-5-. The summed E-state index contributed by atoms with van der Waals surface area (Å²) in [6.45, 7) is 0. The van der Waals surface area contributed by atoms with Crippen molar-refractivity contribution < 1.29 is 13.6 Å². The molecule has 0 saturated carbocycles. The largest absolute Gasteiger partial charge is 0.355 e. The zero-order chi connectivity index (χ0) is 12.8. The molecular weight excluding hydrogens is 264 g/mol. The first-order chi connectivity index (χ1) is 8.10. The predicted octanol–water partition coefficient (Wildman–Crippen LogP) is 2.74. The van der Waals surface area contributed by atoms with Crippen LogP contribution in [-0.2, 0) is 4.79 Å². The van der Waals surface area contributed by atoms with Crippen LogP contribution >= 0.6 is 24.0 Å². The van der Waals surface area contributed by atoms with Crippen molar-refractivity contribution in [2.24, 2.45) is 0 Å². The highest BCUT2D eigenvalue weighted by Crippen LogP contribution is 2.20. The maximum absolute atomic E-state index is 13.4. The number of nitrogens with one attached hydrogen (secondary N) is 1. The van der Waals surface area contributed by atoms with Crippen LogP contribution in [0.15, 0.2) is 23.1 Å². The lowest BCUT2D eigenvalue weighted by molar-refractivity contribution is -0.116. The van der Waals surface area contributed by atoms with Gasteiger partial charge in [0.15, 0.2) is 11.6 Å². The zero-order valence-electron chi connectivity index (χ0n) is 8.87. The van der Waals surface area contributed by atoms with Gasteiger partial charge in [-0.25, -0.2) is 8.78 Å². The van der Waals surface area contributed by atoms with Crippen molar-refractivity contribution in [2.45, 2.75) is 0 Å². The van der Waals surface area contributed by atoms with Crippen LogP contribution in [0.2, 0.25) is 0 Å². The summed E-state index contributed by atoms with van der Waals surface area (Å²) in [5.74, 6) is -2.35. The summed E-state index contributed by atoms with van der Waals surface area (Å²) in [6, 6.07) is 3.76. The lowest BCUT2D eigenvalue weighted by atomic mass is 10.2. The van der Waals surface area contributed by atoms with Crippen LogP contribution in [0.5, 0.6) is 0 Å². The Labute approximate surface area is 107 Å². The normalized spacial score (nSPS) is 11.1. The summed E-state index contributed by atoms with van der Waals surface area (Å²) in [7, 11) is 1.45. The maximum atomic E-state index is 13.4. The predicted molar refractivity (Wildman–Crippen MR) is 69.6 cm³/mol. The molecule has 0 unspecified atom stereocenters. The van der Waals surface area contributed by atoms with Crippen LogP contribution < -0.4 is 5.32 Å². The van der Waals surface area contributed by atoms with Crippen molar-refractivity contribution in [3.05, 3.63) is 40.3 Å². The van der Waals surface area contributed by atoms with E-state index in [1.54, 1.807) is 0 Å². The van der Waals surface area contributed by atoms with Crippen molar-refractivity contribution in [1.29, 1.82) is 0 Å². The van der Waals surface area contributed by atoms with Gasteiger partial charge in [-0.05, 0) is 12.1 Å². The molecule has 17 heavy (non-hydrogen) atoms. The Morgan fingerprint density at radius 1 is 1.47 bits per heavy atom. The number of amides is 1. The molecule has 0 aliphatic rings. The minimum atomic E-state index is -0.987. The van der Waals surface area contributed by atoms with E-state index in [0.29, 0.717) is 0 Å². The molecule has 0 bridgehead atoms. The number of thioether (sulfide) groups is 1. The summed E-state index contributed by atoms with van der Waals surface area (Å²) in [6.07, 6.45) is 1.25. The van der Waals surface area contributed by atoms with Crippen molar-refractivity contribution >= 4 is 40.7 Å². The van der Waals surface area contributed by atoms with Gasteiger partial charge in [-0.1, -0.05) is 36.1 Å². The number of benzene rings is 1. The molecule has 1 rings (SSSR count). The number of carbonyl (C=O) groups is 1. The molecule has 2 nitrogen and oxygen atoms in total. The Kier molecular flexibility index (Phi) is 5.24. The molecule has 0 aliphatic heterocycles. The number of hydrogen-bond acceptors (Lipinski definition) is 3. The highest BCUT2D eigenvalue weighted by molar-refractivity contribution is 8.24. The molecule has 0 fully saturated rings. The number of halogens is 2.